The maximum absolute atomic E-state index is 3.57. The molecule has 0 radical (unpaired) electrons. The number of nitrogens with one attached hydrogen (secondary N) is 1. The van der Waals surface area contributed by atoms with Crippen LogP contribution in [0.4, 0.5) is 0 Å². The van der Waals surface area contributed by atoms with Crippen molar-refractivity contribution >= 4 is 0 Å². The number of hydrogen-bond acceptors (Lipinski definition) is 3. The zero-order valence-electron chi connectivity index (χ0n) is 16.5. The van der Waals surface area contributed by atoms with E-state index < -0.39 is 5.54 Å². The van der Waals surface area contributed by atoms with Crippen LogP contribution in [0.25, 0.3) is 0 Å². The van der Waals surface area contributed by atoms with Gasteiger partial charge in [0.25, 0.3) is 0 Å². The number of likely N-dealkylation sites (N-methyl/N-ethyl adjacent to an activating group) is 1. The number of hydrazine groups is 1. The van der Waals surface area contributed by atoms with Gasteiger partial charge in [0.1, 0.15) is 5.54 Å². The molecule has 3 aromatic rings. The fraction of sp³-hybridized carbons (Fsp3) is 0.200. The van der Waals surface area contributed by atoms with Gasteiger partial charge in [0, 0.05) is 12.7 Å². The van der Waals surface area contributed by atoms with E-state index in [1.54, 1.807) is 0 Å². The molecule has 3 nitrogen and oxygen atoms in total. The molecule has 4 rings (SSSR count). The van der Waals surface area contributed by atoms with Crippen LogP contribution < -0.4 is 5.43 Å². The highest BCUT2D eigenvalue weighted by Gasteiger charge is 2.46. The van der Waals surface area contributed by atoms with Gasteiger partial charge in [-0.3, -0.25) is 0 Å². The van der Waals surface area contributed by atoms with Crippen molar-refractivity contribution in [2.24, 2.45) is 0 Å². The van der Waals surface area contributed by atoms with Gasteiger partial charge in [-0.05, 0) is 36.9 Å². The number of benzene rings is 3. The van der Waals surface area contributed by atoms with Gasteiger partial charge in [-0.25, -0.2) is 0 Å². The maximum Gasteiger partial charge on any atom is 0.116 e. The van der Waals surface area contributed by atoms with Crippen molar-refractivity contribution in [3.63, 3.8) is 0 Å². The molecule has 1 aliphatic rings. The Kier molecular flexibility index (Phi) is 5.29. The first kappa shape index (κ1) is 18.5. The van der Waals surface area contributed by atoms with Gasteiger partial charge < -0.3 is 10.3 Å². The van der Waals surface area contributed by atoms with Crippen LogP contribution in [-0.4, -0.2) is 36.6 Å². The molecule has 1 N–H and O–H groups in total. The monoisotopic (exact) mass is 369 g/mol. The summed E-state index contributed by atoms with van der Waals surface area (Å²) in [4.78, 5) is 2.24. The number of rotatable bonds is 6. The molecule has 0 aliphatic carbocycles. The van der Waals surface area contributed by atoms with Crippen LogP contribution in [-0.2, 0) is 5.54 Å². The van der Waals surface area contributed by atoms with Crippen molar-refractivity contribution in [2.75, 3.05) is 20.6 Å². The van der Waals surface area contributed by atoms with Gasteiger partial charge in [0.2, 0.25) is 0 Å². The van der Waals surface area contributed by atoms with E-state index in [-0.39, 0.29) is 6.04 Å². The SMILES string of the molecule is CN(C)CC1C=CNN1C(c1ccccc1)(c1ccccc1)c1ccccc1. The average molecular weight is 370 g/mol. The van der Waals surface area contributed by atoms with Crippen LogP contribution in [0.2, 0.25) is 0 Å². The third-order valence-corrected chi connectivity index (χ3v) is 5.35. The number of nitrogens with zero attached hydrogens (tertiary/aromatic N) is 2. The molecule has 1 aliphatic heterocycles. The zero-order valence-corrected chi connectivity index (χ0v) is 16.5. The average Bonchev–Trinajstić information content (AvgIpc) is 3.19. The molecule has 3 aromatic carbocycles. The molecule has 1 atom stereocenters. The highest BCUT2D eigenvalue weighted by atomic mass is 15.6. The maximum atomic E-state index is 3.57. The van der Waals surface area contributed by atoms with Crippen LogP contribution in [0.1, 0.15) is 16.7 Å². The van der Waals surface area contributed by atoms with Crippen LogP contribution in [0.3, 0.4) is 0 Å². The molecular weight excluding hydrogens is 342 g/mol. The smallest absolute Gasteiger partial charge is 0.116 e. The minimum Gasteiger partial charge on any atom is -0.324 e. The minimum absolute atomic E-state index is 0.232. The Bertz CT molecular complexity index is 808. The van der Waals surface area contributed by atoms with Crippen molar-refractivity contribution < 1.29 is 0 Å². The summed E-state index contributed by atoms with van der Waals surface area (Å²) in [6.45, 7) is 0.928. The molecule has 0 aromatic heterocycles. The summed E-state index contributed by atoms with van der Waals surface area (Å²) in [5.41, 5.74) is 6.85. The van der Waals surface area contributed by atoms with Gasteiger partial charge in [-0.15, -0.1) is 0 Å². The molecule has 0 amide bonds. The summed E-state index contributed by atoms with van der Waals surface area (Å²) in [6, 6.07) is 32.6. The Balaban J connectivity index is 1.99. The van der Waals surface area contributed by atoms with Crippen molar-refractivity contribution in [2.45, 2.75) is 11.6 Å². The fourth-order valence-electron chi connectivity index (χ4n) is 4.23. The second-order valence-corrected chi connectivity index (χ2v) is 7.50. The summed E-state index contributed by atoms with van der Waals surface area (Å²) < 4.78 is 0. The van der Waals surface area contributed by atoms with Crippen LogP contribution in [0, 0.1) is 0 Å². The molecule has 0 bridgehead atoms. The predicted octanol–water partition coefficient (Wildman–Crippen LogP) is 4.24. The molecule has 142 valence electrons. The first-order valence-corrected chi connectivity index (χ1v) is 9.76. The molecular formula is C25H27N3. The summed E-state index contributed by atoms with van der Waals surface area (Å²) in [5.74, 6) is 0. The first-order valence-electron chi connectivity index (χ1n) is 9.76. The van der Waals surface area contributed by atoms with Gasteiger partial charge in [0.05, 0.1) is 6.04 Å². The summed E-state index contributed by atoms with van der Waals surface area (Å²) in [5, 5.41) is 2.40. The second kappa shape index (κ2) is 8.01. The Morgan fingerprint density at radius 2 is 1.18 bits per heavy atom. The lowest BCUT2D eigenvalue weighted by Crippen LogP contribution is -2.57. The van der Waals surface area contributed by atoms with Crippen LogP contribution in [0.5, 0.6) is 0 Å². The summed E-state index contributed by atoms with van der Waals surface area (Å²) in [6.07, 6.45) is 4.32. The Morgan fingerprint density at radius 3 is 1.57 bits per heavy atom. The minimum atomic E-state index is -0.450. The zero-order chi connectivity index (χ0) is 19.4. The molecule has 3 heteroatoms. The van der Waals surface area contributed by atoms with Crippen LogP contribution >= 0.6 is 0 Å². The van der Waals surface area contributed by atoms with Crippen molar-refractivity contribution in [1.82, 2.24) is 15.3 Å². The van der Waals surface area contributed by atoms with Crippen molar-refractivity contribution in [1.29, 1.82) is 0 Å². The van der Waals surface area contributed by atoms with E-state index in [2.05, 4.69) is 133 Å². The Hall–Kier alpha value is -2.88. The third-order valence-electron chi connectivity index (χ3n) is 5.35. The highest BCUT2D eigenvalue weighted by Crippen LogP contribution is 2.43. The van der Waals surface area contributed by atoms with Gasteiger partial charge in [-0.1, -0.05) is 91.0 Å². The lowest BCUT2D eigenvalue weighted by molar-refractivity contribution is 0.0805. The highest BCUT2D eigenvalue weighted by molar-refractivity contribution is 5.50. The van der Waals surface area contributed by atoms with E-state index >= 15 is 0 Å². The van der Waals surface area contributed by atoms with E-state index in [4.69, 9.17) is 0 Å². The predicted molar refractivity (Wildman–Crippen MR) is 116 cm³/mol. The molecule has 1 heterocycles. The Morgan fingerprint density at radius 1 is 0.750 bits per heavy atom. The Labute approximate surface area is 167 Å². The fourth-order valence-corrected chi connectivity index (χ4v) is 4.23. The topological polar surface area (TPSA) is 18.5 Å². The molecule has 0 saturated carbocycles. The number of hydrogen-bond donors (Lipinski definition) is 1. The van der Waals surface area contributed by atoms with Gasteiger partial charge in [0.15, 0.2) is 0 Å². The normalized spacial score (nSPS) is 17.0. The lowest BCUT2D eigenvalue weighted by Gasteiger charge is -2.46. The standard InChI is InChI=1S/C25H27N3/c1-27(2)20-24-18-19-26-28(24)25(21-12-6-3-7-13-21,22-14-8-4-9-15-22)23-16-10-5-11-17-23/h3-19,24,26H,20H2,1-2H3. The second-order valence-electron chi connectivity index (χ2n) is 7.50. The van der Waals surface area contributed by atoms with E-state index in [0.29, 0.717) is 0 Å². The third kappa shape index (κ3) is 3.24. The molecule has 28 heavy (non-hydrogen) atoms. The van der Waals surface area contributed by atoms with E-state index in [9.17, 15) is 0 Å². The van der Waals surface area contributed by atoms with E-state index in [1.807, 2.05) is 0 Å². The van der Waals surface area contributed by atoms with Gasteiger partial charge >= 0.3 is 0 Å². The molecule has 0 spiro atoms. The van der Waals surface area contributed by atoms with Gasteiger partial charge in [-0.2, -0.15) is 5.01 Å². The van der Waals surface area contributed by atoms with Crippen LogP contribution in [0.15, 0.2) is 103 Å². The van der Waals surface area contributed by atoms with E-state index in [0.717, 1.165) is 6.54 Å². The molecule has 0 saturated heterocycles. The van der Waals surface area contributed by atoms with Crippen molar-refractivity contribution in [3.05, 3.63) is 120 Å². The summed E-state index contributed by atoms with van der Waals surface area (Å²) >= 11 is 0. The largest absolute Gasteiger partial charge is 0.324 e. The van der Waals surface area contributed by atoms with Crippen molar-refractivity contribution in [3.8, 4) is 0 Å². The first-order chi connectivity index (χ1) is 13.7. The van der Waals surface area contributed by atoms with E-state index in [1.165, 1.54) is 16.7 Å². The quantitative estimate of drug-likeness (QED) is 0.656. The lowest BCUT2D eigenvalue weighted by atomic mass is 9.76. The molecule has 1 unspecified atom stereocenters. The molecule has 0 fully saturated rings. The summed E-state index contributed by atoms with van der Waals surface area (Å²) in [7, 11) is 4.25.